The molecule has 4 heteroatoms. The van der Waals surface area contributed by atoms with Crippen LogP contribution in [-0.2, 0) is 4.74 Å². The molecule has 2 aromatic heterocycles. The molecule has 4 nitrogen and oxygen atoms in total. The number of nitrogens with one attached hydrogen (secondary N) is 1. The van der Waals surface area contributed by atoms with Gasteiger partial charge in [0.2, 0.25) is 0 Å². The first kappa shape index (κ1) is 9.58. The van der Waals surface area contributed by atoms with Crippen LogP contribution in [0.15, 0.2) is 35.2 Å². The molecule has 0 radical (unpaired) electrons. The molecule has 2 heterocycles. The smallest absolute Gasteiger partial charge is 0.340 e. The average molecular weight is 205 g/mol. The van der Waals surface area contributed by atoms with Crippen molar-refractivity contribution in [1.29, 1.82) is 0 Å². The molecular formula is C11H11NO3. The highest BCUT2D eigenvalue weighted by atomic mass is 16.5. The fraction of sp³-hybridized carbons (Fsp3) is 0.182. The summed E-state index contributed by atoms with van der Waals surface area (Å²) in [6.07, 6.45) is 4.89. The Morgan fingerprint density at radius 2 is 2.40 bits per heavy atom. The largest absolute Gasteiger partial charge is 0.464 e. The van der Waals surface area contributed by atoms with Crippen LogP contribution in [0, 0.1) is 0 Å². The molecule has 0 spiro atoms. The van der Waals surface area contributed by atoms with Crippen molar-refractivity contribution in [3.63, 3.8) is 0 Å². The highest BCUT2D eigenvalue weighted by Gasteiger charge is 2.16. The topological polar surface area (TPSA) is 55.2 Å². The van der Waals surface area contributed by atoms with Gasteiger partial charge in [-0.1, -0.05) is 0 Å². The second-order valence-corrected chi connectivity index (χ2v) is 2.98. The quantitative estimate of drug-likeness (QED) is 0.783. The van der Waals surface area contributed by atoms with E-state index in [1.807, 2.05) is 0 Å². The van der Waals surface area contributed by atoms with Crippen LogP contribution < -0.4 is 0 Å². The normalized spacial score (nSPS) is 10.2. The van der Waals surface area contributed by atoms with E-state index in [1.54, 1.807) is 37.7 Å². The molecule has 0 saturated carbocycles. The van der Waals surface area contributed by atoms with Crippen LogP contribution in [-0.4, -0.2) is 17.6 Å². The van der Waals surface area contributed by atoms with Gasteiger partial charge in [0.15, 0.2) is 0 Å². The van der Waals surface area contributed by atoms with Gasteiger partial charge in [-0.3, -0.25) is 0 Å². The lowest BCUT2D eigenvalue weighted by molar-refractivity contribution is 0.0527. The van der Waals surface area contributed by atoms with Crippen LogP contribution in [0.5, 0.6) is 0 Å². The van der Waals surface area contributed by atoms with Crippen LogP contribution >= 0.6 is 0 Å². The fourth-order valence-corrected chi connectivity index (χ4v) is 1.38. The Morgan fingerprint density at radius 1 is 1.53 bits per heavy atom. The molecule has 15 heavy (non-hydrogen) atoms. The first-order valence-electron chi connectivity index (χ1n) is 4.70. The summed E-state index contributed by atoms with van der Waals surface area (Å²) in [5, 5.41) is 0. The van der Waals surface area contributed by atoms with Gasteiger partial charge in [-0.25, -0.2) is 4.79 Å². The number of hydrogen-bond donors (Lipinski definition) is 1. The fourth-order valence-electron chi connectivity index (χ4n) is 1.38. The summed E-state index contributed by atoms with van der Waals surface area (Å²) in [5.41, 5.74) is 1.21. The van der Waals surface area contributed by atoms with Crippen LogP contribution in [0.3, 0.4) is 0 Å². The Morgan fingerprint density at radius 3 is 3.07 bits per heavy atom. The van der Waals surface area contributed by atoms with E-state index in [-0.39, 0.29) is 5.97 Å². The number of aromatic amines is 1. The zero-order chi connectivity index (χ0) is 10.7. The molecule has 78 valence electrons. The van der Waals surface area contributed by atoms with Crippen molar-refractivity contribution in [3.05, 3.63) is 36.4 Å². The number of furan rings is 1. The van der Waals surface area contributed by atoms with E-state index >= 15 is 0 Å². The summed E-state index contributed by atoms with van der Waals surface area (Å²) in [7, 11) is 0. The first-order chi connectivity index (χ1) is 7.33. The number of H-pyrrole nitrogens is 1. The van der Waals surface area contributed by atoms with Crippen LogP contribution in [0.25, 0.3) is 11.3 Å². The average Bonchev–Trinajstić information content (AvgIpc) is 2.88. The second kappa shape index (κ2) is 4.04. The third-order valence-electron chi connectivity index (χ3n) is 2.03. The van der Waals surface area contributed by atoms with Gasteiger partial charge < -0.3 is 14.1 Å². The lowest BCUT2D eigenvalue weighted by Crippen LogP contribution is -2.04. The molecule has 1 N–H and O–H groups in total. The maximum Gasteiger partial charge on any atom is 0.340 e. The van der Waals surface area contributed by atoms with Crippen molar-refractivity contribution in [2.75, 3.05) is 6.61 Å². The summed E-state index contributed by atoms with van der Waals surface area (Å²) in [6.45, 7) is 2.14. The molecule has 0 fully saturated rings. The first-order valence-corrected chi connectivity index (χ1v) is 4.70. The lowest BCUT2D eigenvalue weighted by atomic mass is 10.1. The van der Waals surface area contributed by atoms with Gasteiger partial charge >= 0.3 is 5.97 Å². The van der Waals surface area contributed by atoms with Crippen molar-refractivity contribution in [2.24, 2.45) is 0 Å². The Bertz CT molecular complexity index is 442. The standard InChI is InChI=1S/C11H11NO3/c1-2-14-11(13)9-7-12-6-8(9)10-4-3-5-15-10/h3-7,12H,2H2,1H3. The van der Waals surface area contributed by atoms with E-state index in [0.717, 1.165) is 5.56 Å². The highest BCUT2D eigenvalue weighted by molar-refractivity contribution is 5.96. The molecule has 2 rings (SSSR count). The number of hydrogen-bond acceptors (Lipinski definition) is 3. The summed E-state index contributed by atoms with van der Waals surface area (Å²) >= 11 is 0. The van der Waals surface area contributed by atoms with Crippen LogP contribution in [0.2, 0.25) is 0 Å². The predicted octanol–water partition coefficient (Wildman–Crippen LogP) is 2.45. The number of carbonyl (C=O) groups is 1. The maximum atomic E-state index is 11.5. The van der Waals surface area contributed by atoms with E-state index in [0.29, 0.717) is 17.9 Å². The van der Waals surface area contributed by atoms with E-state index in [4.69, 9.17) is 9.15 Å². The Labute approximate surface area is 86.9 Å². The van der Waals surface area contributed by atoms with E-state index in [1.165, 1.54) is 0 Å². The van der Waals surface area contributed by atoms with Gasteiger partial charge in [-0.05, 0) is 19.1 Å². The van der Waals surface area contributed by atoms with Crippen molar-refractivity contribution in [1.82, 2.24) is 4.98 Å². The molecule has 0 saturated heterocycles. The van der Waals surface area contributed by atoms with E-state index in [9.17, 15) is 4.79 Å². The van der Waals surface area contributed by atoms with Crippen molar-refractivity contribution in [3.8, 4) is 11.3 Å². The number of ether oxygens (including phenoxy) is 1. The van der Waals surface area contributed by atoms with Crippen molar-refractivity contribution < 1.29 is 13.9 Å². The molecule has 0 unspecified atom stereocenters. The van der Waals surface area contributed by atoms with Crippen molar-refractivity contribution >= 4 is 5.97 Å². The number of carbonyl (C=O) groups excluding carboxylic acids is 1. The van der Waals surface area contributed by atoms with Gasteiger partial charge in [-0.15, -0.1) is 0 Å². The Balaban J connectivity index is 2.34. The molecule has 2 aromatic rings. The van der Waals surface area contributed by atoms with Gasteiger partial charge in [-0.2, -0.15) is 0 Å². The Kier molecular flexibility index (Phi) is 2.58. The monoisotopic (exact) mass is 205 g/mol. The molecule has 0 aliphatic rings. The molecule has 0 atom stereocenters. The zero-order valence-corrected chi connectivity index (χ0v) is 8.32. The minimum Gasteiger partial charge on any atom is -0.464 e. The van der Waals surface area contributed by atoms with Gasteiger partial charge in [0, 0.05) is 18.0 Å². The second-order valence-electron chi connectivity index (χ2n) is 2.98. The molecular weight excluding hydrogens is 194 g/mol. The summed E-state index contributed by atoms with van der Waals surface area (Å²) in [5.74, 6) is 0.310. The summed E-state index contributed by atoms with van der Waals surface area (Å²) < 4.78 is 10.1. The lowest BCUT2D eigenvalue weighted by Gasteiger charge is -2.00. The molecule has 0 aliphatic carbocycles. The SMILES string of the molecule is CCOC(=O)c1c[nH]cc1-c1ccco1. The minimum atomic E-state index is -0.342. The van der Waals surface area contributed by atoms with Crippen LogP contribution in [0.1, 0.15) is 17.3 Å². The number of esters is 1. The van der Waals surface area contributed by atoms with Gasteiger partial charge in [0.05, 0.1) is 18.4 Å². The molecule has 0 amide bonds. The molecule has 0 bridgehead atoms. The van der Waals surface area contributed by atoms with Gasteiger partial charge in [0.1, 0.15) is 5.76 Å². The minimum absolute atomic E-state index is 0.342. The van der Waals surface area contributed by atoms with Crippen molar-refractivity contribution in [2.45, 2.75) is 6.92 Å². The van der Waals surface area contributed by atoms with E-state index in [2.05, 4.69) is 4.98 Å². The molecule has 0 aromatic carbocycles. The van der Waals surface area contributed by atoms with E-state index < -0.39 is 0 Å². The highest BCUT2D eigenvalue weighted by Crippen LogP contribution is 2.24. The summed E-state index contributed by atoms with van der Waals surface area (Å²) in [4.78, 5) is 14.4. The Hall–Kier alpha value is -1.97. The predicted molar refractivity (Wildman–Crippen MR) is 54.5 cm³/mol. The molecule has 0 aliphatic heterocycles. The maximum absolute atomic E-state index is 11.5. The van der Waals surface area contributed by atoms with Gasteiger partial charge in [0.25, 0.3) is 0 Å². The number of rotatable bonds is 3. The zero-order valence-electron chi connectivity index (χ0n) is 8.32. The van der Waals surface area contributed by atoms with Crippen LogP contribution in [0.4, 0.5) is 0 Å². The third kappa shape index (κ3) is 1.79. The summed E-state index contributed by atoms with van der Waals surface area (Å²) in [6, 6.07) is 3.57. The third-order valence-corrected chi connectivity index (χ3v) is 2.03. The number of aromatic nitrogens is 1.